The number of ether oxygens (including phenoxy) is 1. The summed E-state index contributed by atoms with van der Waals surface area (Å²) in [4.78, 5) is 11.0. The second-order valence-electron chi connectivity index (χ2n) is 7.49. The van der Waals surface area contributed by atoms with Gasteiger partial charge in [-0.15, -0.1) is 0 Å². The minimum Gasteiger partial charge on any atom is -0.495 e. The van der Waals surface area contributed by atoms with E-state index in [2.05, 4.69) is 24.9 Å². The Balaban J connectivity index is 1.50. The van der Waals surface area contributed by atoms with E-state index in [0.29, 0.717) is 17.3 Å². The Kier molecular flexibility index (Phi) is 6.13. The molecular weight excluding hydrogens is 433 g/mol. The predicted octanol–water partition coefficient (Wildman–Crippen LogP) is 4.08. The van der Waals surface area contributed by atoms with Crippen LogP contribution >= 0.6 is 0 Å². The van der Waals surface area contributed by atoms with Crippen LogP contribution in [0.2, 0.25) is 0 Å². The van der Waals surface area contributed by atoms with Crippen LogP contribution in [0.5, 0.6) is 5.75 Å². The third-order valence-corrected chi connectivity index (χ3v) is 6.48. The van der Waals surface area contributed by atoms with E-state index in [0.717, 1.165) is 49.6 Å². The fourth-order valence-electron chi connectivity index (χ4n) is 3.54. The quantitative estimate of drug-likeness (QED) is 0.552. The van der Waals surface area contributed by atoms with Gasteiger partial charge in [0, 0.05) is 36.2 Å². The average Bonchev–Trinajstić information content (AvgIpc) is 3.30. The summed E-state index contributed by atoms with van der Waals surface area (Å²) in [7, 11) is -2.71. The van der Waals surface area contributed by atoms with Crippen LogP contribution in [0.25, 0.3) is 0 Å². The number of sulfonamides is 1. The number of nitrogens with zero attached hydrogens (tertiary/aromatic N) is 3. The first-order chi connectivity index (χ1) is 15.3. The Labute approximate surface area is 186 Å². The molecule has 0 unspecified atom stereocenters. The predicted molar refractivity (Wildman–Crippen MR) is 122 cm³/mol. The molecule has 1 fully saturated rings. The SMILES string of the molecule is COc1ccc(F)cc1S(=O)(=O)Nc1ccc(Nc2nc(C)cc(N3CCCC3)n2)cc1. The van der Waals surface area contributed by atoms with Gasteiger partial charge >= 0.3 is 0 Å². The second-order valence-corrected chi connectivity index (χ2v) is 9.14. The van der Waals surface area contributed by atoms with Crippen molar-refractivity contribution in [2.75, 3.05) is 35.1 Å². The number of rotatable bonds is 7. The summed E-state index contributed by atoms with van der Waals surface area (Å²) in [6.07, 6.45) is 2.31. The molecule has 1 aliphatic rings. The lowest BCUT2D eigenvalue weighted by molar-refractivity contribution is 0.401. The molecule has 0 radical (unpaired) electrons. The van der Waals surface area contributed by atoms with Gasteiger partial charge in [0.05, 0.1) is 7.11 Å². The van der Waals surface area contributed by atoms with E-state index in [1.54, 1.807) is 24.3 Å². The first kappa shape index (κ1) is 21.8. The number of nitrogens with one attached hydrogen (secondary N) is 2. The number of hydrogen-bond acceptors (Lipinski definition) is 7. The van der Waals surface area contributed by atoms with Crippen LogP contribution < -0.4 is 19.7 Å². The molecular formula is C22H24FN5O3S. The summed E-state index contributed by atoms with van der Waals surface area (Å²) in [5.74, 6) is 0.760. The normalized spacial score (nSPS) is 13.8. The van der Waals surface area contributed by atoms with E-state index in [9.17, 15) is 12.8 Å². The molecule has 0 spiro atoms. The van der Waals surface area contributed by atoms with Gasteiger partial charge < -0.3 is 15.0 Å². The molecule has 4 rings (SSSR count). The second kappa shape index (κ2) is 8.99. The summed E-state index contributed by atoms with van der Waals surface area (Å²) in [5.41, 5.74) is 1.89. The van der Waals surface area contributed by atoms with E-state index >= 15 is 0 Å². The van der Waals surface area contributed by atoms with Crippen molar-refractivity contribution in [3.8, 4) is 5.75 Å². The van der Waals surface area contributed by atoms with E-state index in [1.807, 2.05) is 13.0 Å². The maximum Gasteiger partial charge on any atom is 0.265 e. The molecule has 2 aromatic carbocycles. The zero-order chi connectivity index (χ0) is 22.7. The maximum absolute atomic E-state index is 13.6. The van der Waals surface area contributed by atoms with Crippen molar-refractivity contribution in [1.82, 2.24) is 9.97 Å². The highest BCUT2D eigenvalue weighted by Gasteiger charge is 2.21. The molecule has 168 valence electrons. The van der Waals surface area contributed by atoms with Gasteiger partial charge in [-0.25, -0.2) is 17.8 Å². The molecule has 0 amide bonds. The summed E-state index contributed by atoms with van der Waals surface area (Å²) in [6.45, 7) is 3.90. The largest absolute Gasteiger partial charge is 0.495 e. The standard InChI is InChI=1S/C22H24FN5O3S/c1-15-13-21(28-11-3-4-12-28)26-22(24-15)25-17-6-8-18(9-7-17)27-32(29,30)20-14-16(23)5-10-19(20)31-2/h5-10,13-14,27H,3-4,11-12H2,1-2H3,(H,24,25,26). The van der Waals surface area contributed by atoms with E-state index in [1.165, 1.54) is 13.2 Å². The summed E-state index contributed by atoms with van der Waals surface area (Å²) in [6, 6.07) is 11.9. The van der Waals surface area contributed by atoms with Crippen molar-refractivity contribution < 1.29 is 17.5 Å². The van der Waals surface area contributed by atoms with Gasteiger partial charge in [-0.1, -0.05) is 0 Å². The van der Waals surface area contributed by atoms with Gasteiger partial charge in [-0.3, -0.25) is 4.72 Å². The van der Waals surface area contributed by atoms with Crippen LogP contribution in [0.15, 0.2) is 53.4 Å². The number of aromatic nitrogens is 2. The third kappa shape index (κ3) is 4.91. The molecule has 2 N–H and O–H groups in total. The summed E-state index contributed by atoms with van der Waals surface area (Å²) < 4.78 is 46.5. The Bertz CT molecular complexity index is 1210. The average molecular weight is 458 g/mol. The summed E-state index contributed by atoms with van der Waals surface area (Å²) >= 11 is 0. The molecule has 10 heteroatoms. The number of anilines is 4. The molecule has 1 aromatic heterocycles. The van der Waals surface area contributed by atoms with Crippen LogP contribution in [0.1, 0.15) is 18.5 Å². The minimum atomic E-state index is -4.04. The molecule has 1 saturated heterocycles. The van der Waals surface area contributed by atoms with Crippen LogP contribution in [0.3, 0.4) is 0 Å². The molecule has 0 atom stereocenters. The molecule has 32 heavy (non-hydrogen) atoms. The first-order valence-corrected chi connectivity index (χ1v) is 11.7. The molecule has 0 bridgehead atoms. The monoisotopic (exact) mass is 457 g/mol. The Morgan fingerprint density at radius 2 is 1.69 bits per heavy atom. The number of aryl methyl sites for hydroxylation is 1. The molecule has 2 heterocycles. The number of benzene rings is 2. The molecule has 0 aliphatic carbocycles. The highest BCUT2D eigenvalue weighted by molar-refractivity contribution is 7.92. The number of halogens is 1. The van der Waals surface area contributed by atoms with Crippen molar-refractivity contribution in [3.63, 3.8) is 0 Å². The fraction of sp³-hybridized carbons (Fsp3) is 0.273. The van der Waals surface area contributed by atoms with Gasteiger partial charge in [0.1, 0.15) is 22.3 Å². The molecule has 3 aromatic rings. The third-order valence-electron chi connectivity index (χ3n) is 5.08. The molecule has 1 aliphatic heterocycles. The first-order valence-electron chi connectivity index (χ1n) is 10.2. The lowest BCUT2D eigenvalue weighted by Gasteiger charge is -2.17. The van der Waals surface area contributed by atoms with Crippen LogP contribution in [-0.2, 0) is 10.0 Å². The number of hydrogen-bond donors (Lipinski definition) is 2. The van der Waals surface area contributed by atoms with Crippen LogP contribution in [0.4, 0.5) is 27.5 Å². The van der Waals surface area contributed by atoms with Crippen LogP contribution in [-0.4, -0.2) is 38.6 Å². The van der Waals surface area contributed by atoms with Crippen molar-refractivity contribution in [3.05, 3.63) is 60.0 Å². The smallest absolute Gasteiger partial charge is 0.265 e. The zero-order valence-corrected chi connectivity index (χ0v) is 18.6. The Hall–Kier alpha value is -3.40. The van der Waals surface area contributed by atoms with Gasteiger partial charge in [0.25, 0.3) is 10.0 Å². The lowest BCUT2D eigenvalue weighted by atomic mass is 10.3. The summed E-state index contributed by atoms with van der Waals surface area (Å²) in [5, 5.41) is 3.16. The van der Waals surface area contributed by atoms with E-state index in [-0.39, 0.29) is 10.6 Å². The van der Waals surface area contributed by atoms with Crippen molar-refractivity contribution >= 4 is 33.2 Å². The van der Waals surface area contributed by atoms with Crippen molar-refractivity contribution in [2.24, 2.45) is 0 Å². The lowest BCUT2D eigenvalue weighted by Crippen LogP contribution is -2.19. The van der Waals surface area contributed by atoms with Crippen LogP contribution in [0, 0.1) is 12.7 Å². The van der Waals surface area contributed by atoms with Crippen molar-refractivity contribution in [2.45, 2.75) is 24.7 Å². The van der Waals surface area contributed by atoms with E-state index in [4.69, 9.17) is 4.74 Å². The maximum atomic E-state index is 13.6. The van der Waals surface area contributed by atoms with E-state index < -0.39 is 15.8 Å². The highest BCUT2D eigenvalue weighted by atomic mass is 32.2. The highest BCUT2D eigenvalue weighted by Crippen LogP contribution is 2.27. The van der Waals surface area contributed by atoms with Gasteiger partial charge in [-0.05, 0) is 62.2 Å². The van der Waals surface area contributed by atoms with Gasteiger partial charge in [-0.2, -0.15) is 4.98 Å². The number of methoxy groups -OCH3 is 1. The molecule has 0 saturated carbocycles. The Morgan fingerprint density at radius 3 is 2.38 bits per heavy atom. The zero-order valence-electron chi connectivity index (χ0n) is 17.8. The Morgan fingerprint density at radius 1 is 1.00 bits per heavy atom. The van der Waals surface area contributed by atoms with Gasteiger partial charge in [0.2, 0.25) is 5.95 Å². The van der Waals surface area contributed by atoms with Crippen molar-refractivity contribution in [1.29, 1.82) is 0 Å². The van der Waals surface area contributed by atoms with Gasteiger partial charge in [0.15, 0.2) is 0 Å². The fourth-order valence-corrected chi connectivity index (χ4v) is 4.78. The minimum absolute atomic E-state index is 0.0580. The molecule has 8 nitrogen and oxygen atoms in total. The topological polar surface area (TPSA) is 96.5 Å².